The van der Waals surface area contributed by atoms with E-state index in [2.05, 4.69) is 20.1 Å². The van der Waals surface area contributed by atoms with Crippen LogP contribution in [0.4, 0.5) is 0 Å². The second-order valence-corrected chi connectivity index (χ2v) is 7.93. The Morgan fingerprint density at radius 2 is 2.00 bits per heavy atom. The molecule has 1 aliphatic rings. The van der Waals surface area contributed by atoms with Crippen molar-refractivity contribution >= 4 is 46.9 Å². The van der Waals surface area contributed by atoms with Crippen LogP contribution in [0.15, 0.2) is 23.4 Å². The number of nitrogens with zero attached hydrogens (tertiary/aromatic N) is 3. The fraction of sp³-hybridized carbons (Fsp3) is 0.444. The molecular formula is C18H22Cl2N4O4S. The second-order valence-electron chi connectivity index (χ2n) is 6.05. The molecule has 0 saturated carbocycles. The number of benzene rings is 1. The first-order valence-corrected chi connectivity index (χ1v) is 10.8. The SMILES string of the molecule is C1CCNC1.Cc1nc(SCCCOC(=O)C(=O)O)nn1-c1ccc(Cl)c(Cl)c1. The molecule has 0 radical (unpaired) electrons. The first-order chi connectivity index (χ1) is 13.9. The summed E-state index contributed by atoms with van der Waals surface area (Å²) in [5.41, 5.74) is 0.747. The van der Waals surface area contributed by atoms with Crippen LogP contribution < -0.4 is 5.32 Å². The van der Waals surface area contributed by atoms with E-state index in [-0.39, 0.29) is 6.61 Å². The fourth-order valence-corrected chi connectivity index (χ4v) is 3.44. The molecule has 29 heavy (non-hydrogen) atoms. The molecule has 1 saturated heterocycles. The lowest BCUT2D eigenvalue weighted by atomic mass is 10.3. The molecule has 0 amide bonds. The zero-order valence-electron chi connectivity index (χ0n) is 15.9. The van der Waals surface area contributed by atoms with E-state index < -0.39 is 11.9 Å². The van der Waals surface area contributed by atoms with E-state index in [4.69, 9.17) is 28.3 Å². The maximum atomic E-state index is 10.8. The van der Waals surface area contributed by atoms with Gasteiger partial charge in [0, 0.05) is 5.75 Å². The van der Waals surface area contributed by atoms with Crippen molar-refractivity contribution < 1.29 is 19.4 Å². The molecule has 1 aromatic carbocycles. The summed E-state index contributed by atoms with van der Waals surface area (Å²) in [5, 5.41) is 17.4. The van der Waals surface area contributed by atoms with E-state index >= 15 is 0 Å². The Bertz CT molecular complexity index is 836. The first-order valence-electron chi connectivity index (χ1n) is 9.01. The summed E-state index contributed by atoms with van der Waals surface area (Å²) in [6.45, 7) is 4.35. The van der Waals surface area contributed by atoms with Gasteiger partial charge in [0.05, 0.1) is 22.3 Å². The van der Waals surface area contributed by atoms with Gasteiger partial charge >= 0.3 is 11.9 Å². The minimum absolute atomic E-state index is 0.0324. The van der Waals surface area contributed by atoms with Gasteiger partial charge < -0.3 is 15.2 Å². The molecule has 0 atom stereocenters. The maximum absolute atomic E-state index is 10.8. The Morgan fingerprint density at radius 1 is 1.28 bits per heavy atom. The molecule has 3 rings (SSSR count). The highest BCUT2D eigenvalue weighted by atomic mass is 35.5. The molecule has 1 fully saturated rings. The molecule has 0 aliphatic carbocycles. The number of carboxylic acids is 1. The summed E-state index contributed by atoms with van der Waals surface area (Å²) in [5.74, 6) is -1.58. The van der Waals surface area contributed by atoms with Crippen molar-refractivity contribution in [2.75, 3.05) is 25.4 Å². The van der Waals surface area contributed by atoms with E-state index in [1.165, 1.54) is 37.7 Å². The van der Waals surface area contributed by atoms with Gasteiger partial charge in [0.1, 0.15) is 5.82 Å². The van der Waals surface area contributed by atoms with Gasteiger partial charge in [-0.25, -0.2) is 19.3 Å². The van der Waals surface area contributed by atoms with Crippen LogP contribution in [0.2, 0.25) is 10.0 Å². The number of carbonyl (C=O) groups is 2. The van der Waals surface area contributed by atoms with E-state index in [0.717, 1.165) is 5.69 Å². The number of aliphatic carboxylic acids is 1. The van der Waals surface area contributed by atoms with Crippen LogP contribution in [-0.2, 0) is 14.3 Å². The van der Waals surface area contributed by atoms with Crippen LogP contribution in [0.25, 0.3) is 5.69 Å². The lowest BCUT2D eigenvalue weighted by Crippen LogP contribution is -2.17. The van der Waals surface area contributed by atoms with Crippen LogP contribution in [0.5, 0.6) is 0 Å². The normalized spacial score (nSPS) is 12.9. The maximum Gasteiger partial charge on any atom is 0.417 e. The molecule has 11 heteroatoms. The van der Waals surface area contributed by atoms with Gasteiger partial charge in [-0.3, -0.25) is 0 Å². The average molecular weight is 461 g/mol. The molecule has 8 nitrogen and oxygen atoms in total. The molecule has 158 valence electrons. The highest BCUT2D eigenvalue weighted by molar-refractivity contribution is 7.99. The third-order valence-corrected chi connectivity index (χ3v) is 5.44. The lowest BCUT2D eigenvalue weighted by Gasteiger charge is -2.04. The van der Waals surface area contributed by atoms with E-state index in [9.17, 15) is 9.59 Å². The number of nitrogens with one attached hydrogen (secondary N) is 1. The number of hydrogen-bond donors (Lipinski definition) is 2. The Balaban J connectivity index is 0.000000521. The number of carboxylic acid groups (broad SMARTS) is 1. The fourth-order valence-electron chi connectivity index (χ4n) is 2.36. The van der Waals surface area contributed by atoms with Gasteiger partial charge in [-0.1, -0.05) is 35.0 Å². The largest absolute Gasteiger partial charge is 0.473 e. The van der Waals surface area contributed by atoms with Gasteiger partial charge in [0.2, 0.25) is 5.16 Å². The minimum Gasteiger partial charge on any atom is -0.473 e. The van der Waals surface area contributed by atoms with Crippen LogP contribution in [0, 0.1) is 6.92 Å². The summed E-state index contributed by atoms with van der Waals surface area (Å²) in [6.07, 6.45) is 3.27. The third kappa shape index (κ3) is 7.85. The van der Waals surface area contributed by atoms with Crippen LogP contribution in [-0.4, -0.2) is 57.3 Å². The highest BCUT2D eigenvalue weighted by Crippen LogP contribution is 2.25. The summed E-state index contributed by atoms with van der Waals surface area (Å²) in [7, 11) is 0. The monoisotopic (exact) mass is 460 g/mol. The quantitative estimate of drug-likeness (QED) is 0.292. The van der Waals surface area contributed by atoms with E-state index in [1.807, 2.05) is 6.92 Å². The van der Waals surface area contributed by atoms with Crippen molar-refractivity contribution in [1.82, 2.24) is 20.1 Å². The summed E-state index contributed by atoms with van der Waals surface area (Å²) in [4.78, 5) is 25.4. The van der Waals surface area contributed by atoms with Gasteiger partial charge in [-0.15, -0.1) is 5.10 Å². The zero-order chi connectivity index (χ0) is 21.2. The summed E-state index contributed by atoms with van der Waals surface area (Å²) in [6, 6.07) is 5.17. The molecule has 2 heterocycles. The lowest BCUT2D eigenvalue weighted by molar-refractivity contribution is -0.163. The van der Waals surface area contributed by atoms with Gasteiger partial charge in [0.25, 0.3) is 0 Å². The van der Waals surface area contributed by atoms with Gasteiger partial charge in [-0.05, 0) is 57.5 Å². The van der Waals surface area contributed by atoms with Crippen molar-refractivity contribution in [1.29, 1.82) is 0 Å². The van der Waals surface area contributed by atoms with E-state index in [0.29, 0.717) is 33.2 Å². The predicted octanol–water partition coefficient (Wildman–Crippen LogP) is 3.36. The Kier molecular flexibility index (Phi) is 9.72. The number of aromatic nitrogens is 3. The summed E-state index contributed by atoms with van der Waals surface area (Å²) < 4.78 is 6.19. The zero-order valence-corrected chi connectivity index (χ0v) is 18.2. The Labute approximate surface area is 182 Å². The predicted molar refractivity (Wildman–Crippen MR) is 112 cm³/mol. The van der Waals surface area contributed by atoms with Crippen molar-refractivity contribution in [3.8, 4) is 5.69 Å². The third-order valence-electron chi connectivity index (χ3n) is 3.78. The molecular weight excluding hydrogens is 439 g/mol. The number of aryl methyl sites for hydroxylation is 1. The van der Waals surface area contributed by atoms with Crippen LogP contribution >= 0.6 is 35.0 Å². The molecule has 1 aliphatic heterocycles. The van der Waals surface area contributed by atoms with Crippen LogP contribution in [0.3, 0.4) is 0 Å². The molecule has 1 aromatic heterocycles. The molecule has 0 bridgehead atoms. The van der Waals surface area contributed by atoms with E-state index in [1.54, 1.807) is 22.9 Å². The number of carbonyl (C=O) groups excluding carboxylic acids is 1. The number of halogens is 2. The Hall–Kier alpha value is -1.81. The van der Waals surface area contributed by atoms with Crippen molar-refractivity contribution in [3.05, 3.63) is 34.1 Å². The van der Waals surface area contributed by atoms with Crippen molar-refractivity contribution in [2.45, 2.75) is 31.3 Å². The van der Waals surface area contributed by atoms with Crippen LogP contribution in [0.1, 0.15) is 25.1 Å². The first kappa shape index (κ1) is 23.5. The molecule has 2 N–H and O–H groups in total. The highest BCUT2D eigenvalue weighted by Gasteiger charge is 2.13. The molecule has 2 aromatic rings. The number of rotatable bonds is 6. The smallest absolute Gasteiger partial charge is 0.417 e. The molecule has 0 unspecified atom stereocenters. The minimum atomic E-state index is -1.60. The number of ether oxygens (including phenoxy) is 1. The van der Waals surface area contributed by atoms with Crippen molar-refractivity contribution in [3.63, 3.8) is 0 Å². The van der Waals surface area contributed by atoms with Gasteiger partial charge in [0.15, 0.2) is 0 Å². The second kappa shape index (κ2) is 12.0. The number of esters is 1. The van der Waals surface area contributed by atoms with Crippen molar-refractivity contribution in [2.24, 2.45) is 0 Å². The standard InChI is InChI=1S/C14H13Cl2N3O4S.C4H9N/c1-8-17-14(24-6-2-5-23-13(22)12(20)21)18-19(8)9-3-4-10(15)11(16)7-9;1-2-4-5-3-1/h3-4,7H,2,5-6H2,1H3,(H,20,21);5H,1-4H2. The topological polar surface area (TPSA) is 106 Å². The number of hydrogen-bond acceptors (Lipinski definition) is 7. The Morgan fingerprint density at radius 3 is 2.59 bits per heavy atom. The average Bonchev–Trinajstić information content (AvgIpc) is 3.37. The number of thioether (sulfide) groups is 1. The summed E-state index contributed by atoms with van der Waals surface area (Å²) >= 11 is 13.3. The molecule has 0 spiro atoms. The van der Waals surface area contributed by atoms with Gasteiger partial charge in [-0.2, -0.15) is 0 Å².